The molecule has 8 N–H and O–H groups in total. The van der Waals surface area contributed by atoms with Crippen LogP contribution in [0.2, 0.25) is 0 Å². The molecule has 17 heteroatoms. The van der Waals surface area contributed by atoms with Gasteiger partial charge in [0.1, 0.15) is 11.4 Å². The van der Waals surface area contributed by atoms with Crippen molar-refractivity contribution in [1.82, 2.24) is 9.97 Å². The summed E-state index contributed by atoms with van der Waals surface area (Å²) >= 11 is 8.98. The van der Waals surface area contributed by atoms with Crippen LogP contribution in [0, 0.1) is 15.3 Å². The molecule has 2 aromatic heterocycles. The molecular weight excluding hydrogens is 490 g/mol. The van der Waals surface area contributed by atoms with Gasteiger partial charge in [0.15, 0.2) is 11.7 Å². The van der Waals surface area contributed by atoms with Crippen LogP contribution in [0.4, 0.5) is 0 Å². The van der Waals surface area contributed by atoms with Crippen molar-refractivity contribution in [3.8, 4) is 0 Å². The van der Waals surface area contributed by atoms with Crippen molar-refractivity contribution in [3.05, 3.63) is 75.5 Å². The minimum absolute atomic E-state index is 0. The summed E-state index contributed by atoms with van der Waals surface area (Å²) in [6.07, 6.45) is 3.22. The van der Waals surface area contributed by atoms with Crippen molar-refractivity contribution in [1.29, 1.82) is 0 Å². The Bertz CT molecular complexity index is 831. The van der Waals surface area contributed by atoms with E-state index in [2.05, 4.69) is 55.6 Å². The van der Waals surface area contributed by atoms with Gasteiger partial charge < -0.3 is 63.5 Å². The van der Waals surface area contributed by atoms with E-state index in [1.807, 2.05) is 0 Å². The van der Waals surface area contributed by atoms with E-state index in [0.717, 1.165) is 0 Å². The van der Waals surface area contributed by atoms with Gasteiger partial charge in [0.05, 0.1) is 5.09 Å². The van der Waals surface area contributed by atoms with E-state index in [4.69, 9.17) is 38.3 Å². The largest absolute Gasteiger partial charge is 3.00 e. The first-order valence-corrected chi connectivity index (χ1v) is 8.26. The summed E-state index contributed by atoms with van der Waals surface area (Å²) in [5.74, 6) is 0.377. The van der Waals surface area contributed by atoms with Crippen LogP contribution >= 0.6 is 0 Å². The number of nitrogens with zero attached hydrogens (tertiary/aromatic N) is 7. The van der Waals surface area contributed by atoms with Crippen LogP contribution in [0.1, 0.15) is 11.4 Å². The van der Waals surface area contributed by atoms with Crippen molar-refractivity contribution < 1.29 is 22.2 Å². The molecule has 0 aromatic carbocycles. The van der Waals surface area contributed by atoms with Crippen molar-refractivity contribution in [2.45, 2.75) is 0 Å². The van der Waals surface area contributed by atoms with E-state index < -0.39 is 5.09 Å². The third kappa shape index (κ3) is 17.0. The second-order valence-corrected chi connectivity index (χ2v) is 5.34. The fourth-order valence-corrected chi connectivity index (χ4v) is 1.42. The van der Waals surface area contributed by atoms with Gasteiger partial charge in [-0.3, -0.25) is 9.97 Å². The Morgan fingerprint density at radius 3 is 1.32 bits per heavy atom. The fraction of sp³-hybridized carbons (Fsp3) is 0. The summed E-state index contributed by atoms with van der Waals surface area (Å²) in [7, 11) is 0. The van der Waals surface area contributed by atoms with E-state index in [0.29, 0.717) is 11.4 Å². The molecule has 0 saturated carbocycles. The van der Waals surface area contributed by atoms with Gasteiger partial charge in [-0.1, -0.05) is 12.1 Å². The van der Waals surface area contributed by atoms with Crippen molar-refractivity contribution in [2.24, 2.45) is 43.3 Å². The van der Waals surface area contributed by atoms with Crippen LogP contribution in [0.5, 0.6) is 0 Å². The Labute approximate surface area is 198 Å². The molecule has 2 heterocycles. The van der Waals surface area contributed by atoms with Crippen molar-refractivity contribution in [2.75, 3.05) is 0 Å². The zero-order valence-electron chi connectivity index (χ0n) is 15.5. The molecule has 0 amide bonds. The molecule has 0 unspecified atom stereocenters. The van der Waals surface area contributed by atoms with Crippen molar-refractivity contribution >= 4 is 47.3 Å². The molecule has 0 bridgehead atoms. The monoisotopic (exact) mass is 506 g/mol. The number of amidine groups is 4. The van der Waals surface area contributed by atoms with Gasteiger partial charge in [0, 0.05) is 12.4 Å². The smallest absolute Gasteiger partial charge is 0.741 e. The first-order valence-electron chi connectivity index (χ1n) is 7.45. The van der Waals surface area contributed by atoms with Gasteiger partial charge in [-0.25, -0.2) is 0 Å². The molecule has 0 aliphatic heterocycles. The maximum atomic E-state index is 8.25. The minimum atomic E-state index is -1.75. The van der Waals surface area contributed by atoms with Gasteiger partial charge in [0.2, 0.25) is 0 Å². The molecule has 1 radical (unpaired) electrons. The predicted octanol–water partition coefficient (Wildman–Crippen LogP) is -1.11. The number of hydrogen-bond donors (Lipinski definition) is 4. The second-order valence-electron chi connectivity index (χ2n) is 4.50. The number of pyridine rings is 2. The van der Waals surface area contributed by atoms with E-state index in [-0.39, 0.29) is 39.1 Å². The Balaban J connectivity index is 0. The maximum Gasteiger partial charge on any atom is 3.00 e. The van der Waals surface area contributed by atoms with Gasteiger partial charge in [-0.05, 0) is 34.6 Å². The summed E-state index contributed by atoms with van der Waals surface area (Å²) in [5, 5.41) is 28.7. The van der Waals surface area contributed by atoms with E-state index in [9.17, 15) is 0 Å². The van der Waals surface area contributed by atoms with Crippen LogP contribution in [-0.2, 0) is 42.3 Å². The first-order chi connectivity index (χ1) is 14.1. The maximum absolute atomic E-state index is 8.25. The van der Waals surface area contributed by atoms with Crippen LogP contribution in [0.3, 0.4) is 0 Å². The molecule has 0 aliphatic carbocycles. The molecule has 14 nitrogen and oxygen atoms in total. The standard InChI is InChI=1S/2C7H9N5S.Fe.NO3/c2*8-6(11-12-7(9)13)5-3-1-2-4-10-5;;2-1(3)4/h2*1-4H,(H2,8,11)(H3,9,12,13);;/q;;+3;-1/p-2. The van der Waals surface area contributed by atoms with Gasteiger partial charge >= 0.3 is 17.1 Å². The van der Waals surface area contributed by atoms with Crippen molar-refractivity contribution in [3.63, 3.8) is 0 Å². The molecule has 165 valence electrons. The molecule has 0 atom stereocenters. The summed E-state index contributed by atoms with van der Waals surface area (Å²) in [4.78, 5) is 16.2. The Morgan fingerprint density at radius 2 is 1.10 bits per heavy atom. The quantitative estimate of drug-likeness (QED) is 0.0966. The summed E-state index contributed by atoms with van der Waals surface area (Å²) in [5.41, 5.74) is 22.3. The average molecular weight is 506 g/mol. The van der Waals surface area contributed by atoms with Crippen LogP contribution < -0.4 is 22.9 Å². The molecule has 0 aliphatic rings. The van der Waals surface area contributed by atoms with E-state index in [1.165, 1.54) is 0 Å². The normalized spacial score (nSPS) is 11.6. The van der Waals surface area contributed by atoms with E-state index >= 15 is 0 Å². The molecule has 0 fully saturated rings. The van der Waals surface area contributed by atoms with Gasteiger partial charge in [-0.15, -0.1) is 10.2 Å². The number of hydrogen-bond acceptors (Lipinski definition) is 11. The van der Waals surface area contributed by atoms with Crippen LogP contribution in [0.15, 0.2) is 69.2 Å². The number of nitrogens with two attached hydrogens (primary N) is 4. The second kappa shape index (κ2) is 17.2. The number of rotatable bonds is 4. The Kier molecular flexibility index (Phi) is 16.4. The molecule has 0 spiro atoms. The summed E-state index contributed by atoms with van der Waals surface area (Å²) in [6.45, 7) is 0. The zero-order chi connectivity index (χ0) is 22.9. The zero-order valence-corrected chi connectivity index (χ0v) is 18.2. The SMILES string of the molecule is N/C([S-])=N/N=C(\N)c1ccccn1.N/C([S-])=N/N=C(\N)c1ccccn1.O=[N+]([O-])[O-].[Fe+3]. The van der Waals surface area contributed by atoms with Crippen LogP contribution in [-0.4, -0.2) is 37.1 Å². The van der Waals surface area contributed by atoms with E-state index in [1.54, 1.807) is 48.8 Å². The Morgan fingerprint density at radius 1 is 0.774 bits per heavy atom. The molecule has 31 heavy (non-hydrogen) atoms. The van der Waals surface area contributed by atoms with Crippen LogP contribution in [0.25, 0.3) is 0 Å². The summed E-state index contributed by atoms with van der Waals surface area (Å²) in [6, 6.07) is 10.6. The molecule has 2 aromatic rings. The average Bonchev–Trinajstić information content (AvgIpc) is 2.71. The first kappa shape index (κ1) is 29.5. The topological polar surface area (TPSA) is 246 Å². The Hall–Kier alpha value is -3.66. The minimum Gasteiger partial charge on any atom is -0.741 e. The summed E-state index contributed by atoms with van der Waals surface area (Å²) < 4.78 is 0. The number of aromatic nitrogens is 2. The third-order valence-electron chi connectivity index (χ3n) is 2.37. The van der Waals surface area contributed by atoms with Gasteiger partial charge in [0.25, 0.3) is 0 Å². The predicted molar refractivity (Wildman–Crippen MR) is 118 cm³/mol. The molecule has 2 rings (SSSR count). The fourth-order valence-electron chi connectivity index (χ4n) is 1.34. The van der Waals surface area contributed by atoms with Gasteiger partial charge in [-0.2, -0.15) is 10.2 Å². The molecular formula is C14H16FeN11O3S2. The third-order valence-corrected chi connectivity index (χ3v) is 2.53. The molecule has 0 saturated heterocycles.